The highest BCUT2D eigenvalue weighted by molar-refractivity contribution is 8.26. The van der Waals surface area contributed by atoms with Gasteiger partial charge in [-0.2, -0.15) is 5.01 Å². The second-order valence-electron chi connectivity index (χ2n) is 7.06. The smallest absolute Gasteiger partial charge is 0.285 e. The molecule has 0 radical (unpaired) electrons. The summed E-state index contributed by atoms with van der Waals surface area (Å²) in [6, 6.07) is 18.8. The highest BCUT2D eigenvalue weighted by Crippen LogP contribution is 2.32. The Morgan fingerprint density at radius 3 is 2.35 bits per heavy atom. The monoisotopic (exact) mass is 548 g/mol. The normalized spacial score (nSPS) is 14.6. The highest BCUT2D eigenvalue weighted by Gasteiger charge is 2.33. The molecular weight excluding hydrogens is 535 g/mol. The summed E-state index contributed by atoms with van der Waals surface area (Å²) >= 11 is 24.3. The Morgan fingerprint density at radius 2 is 1.68 bits per heavy atom. The number of carbonyl (C=O) groups excluding carboxylic acids is 2. The van der Waals surface area contributed by atoms with Gasteiger partial charge in [0, 0.05) is 26.2 Å². The summed E-state index contributed by atoms with van der Waals surface area (Å²) in [6.45, 7) is 0.293. The first-order valence-electron chi connectivity index (χ1n) is 9.81. The first kappa shape index (κ1) is 24.6. The Hall–Kier alpha value is -2.55. The first-order valence-corrected chi connectivity index (χ1v) is 12.2. The zero-order chi connectivity index (χ0) is 24.2. The quantitative estimate of drug-likeness (QED) is 0.272. The number of thiocarbonyl (C=S) groups is 1. The predicted octanol–water partition coefficient (Wildman–Crippen LogP) is 6.77. The van der Waals surface area contributed by atoms with Crippen LogP contribution >= 0.6 is 58.8 Å². The minimum absolute atomic E-state index is 0.235. The van der Waals surface area contributed by atoms with Crippen molar-refractivity contribution in [2.75, 3.05) is 0 Å². The molecule has 0 aromatic heterocycles. The van der Waals surface area contributed by atoms with Gasteiger partial charge in [-0.15, -0.1) is 0 Å². The average molecular weight is 550 g/mol. The van der Waals surface area contributed by atoms with Crippen LogP contribution in [-0.4, -0.2) is 21.1 Å². The second-order valence-corrected chi connectivity index (χ2v) is 10.0. The van der Waals surface area contributed by atoms with Gasteiger partial charge < -0.3 is 4.74 Å². The Kier molecular flexibility index (Phi) is 7.80. The van der Waals surface area contributed by atoms with Gasteiger partial charge in [-0.1, -0.05) is 64.8 Å². The fourth-order valence-electron chi connectivity index (χ4n) is 2.94. The van der Waals surface area contributed by atoms with Crippen molar-refractivity contribution < 1.29 is 14.3 Å². The summed E-state index contributed by atoms with van der Waals surface area (Å²) in [5, 5.41) is 2.67. The van der Waals surface area contributed by atoms with Gasteiger partial charge in [0.1, 0.15) is 12.4 Å². The van der Waals surface area contributed by atoms with E-state index in [-0.39, 0.29) is 4.32 Å². The Balaban J connectivity index is 1.39. The molecule has 0 saturated carbocycles. The highest BCUT2D eigenvalue weighted by atomic mass is 35.5. The molecule has 34 heavy (non-hydrogen) atoms. The lowest BCUT2D eigenvalue weighted by Crippen LogP contribution is -2.44. The third-order valence-electron chi connectivity index (χ3n) is 4.70. The molecule has 1 saturated heterocycles. The molecule has 10 heteroatoms. The van der Waals surface area contributed by atoms with Crippen LogP contribution in [0.5, 0.6) is 5.75 Å². The fourth-order valence-corrected chi connectivity index (χ4v) is 4.71. The number of hydrogen-bond acceptors (Lipinski definition) is 5. The van der Waals surface area contributed by atoms with Crippen molar-refractivity contribution in [3.05, 3.63) is 103 Å². The van der Waals surface area contributed by atoms with Crippen LogP contribution in [0.4, 0.5) is 0 Å². The number of nitrogens with zero attached hydrogens (tertiary/aromatic N) is 1. The van der Waals surface area contributed by atoms with Crippen LogP contribution in [0.15, 0.2) is 71.6 Å². The number of amides is 2. The first-order chi connectivity index (χ1) is 16.3. The summed E-state index contributed by atoms with van der Waals surface area (Å²) in [5.74, 6) is -0.225. The molecule has 0 unspecified atom stereocenters. The Labute approximate surface area is 220 Å². The maximum atomic E-state index is 12.8. The van der Waals surface area contributed by atoms with Crippen molar-refractivity contribution in [3.63, 3.8) is 0 Å². The van der Waals surface area contributed by atoms with Gasteiger partial charge in [0.25, 0.3) is 11.8 Å². The van der Waals surface area contributed by atoms with Crippen molar-refractivity contribution in [2.24, 2.45) is 0 Å². The third kappa shape index (κ3) is 5.92. The van der Waals surface area contributed by atoms with E-state index >= 15 is 0 Å². The number of rotatable bonds is 6. The maximum Gasteiger partial charge on any atom is 0.285 e. The van der Waals surface area contributed by atoms with Gasteiger partial charge in [0.2, 0.25) is 0 Å². The molecule has 1 fully saturated rings. The van der Waals surface area contributed by atoms with E-state index in [0.717, 1.165) is 27.9 Å². The van der Waals surface area contributed by atoms with Crippen LogP contribution < -0.4 is 10.2 Å². The van der Waals surface area contributed by atoms with Crippen LogP contribution in [0.3, 0.4) is 0 Å². The molecule has 3 aromatic rings. The van der Waals surface area contributed by atoms with Gasteiger partial charge in [-0.25, -0.2) is 0 Å². The lowest BCUT2D eigenvalue weighted by molar-refractivity contribution is -0.123. The van der Waals surface area contributed by atoms with Crippen LogP contribution in [0, 0.1) is 0 Å². The Morgan fingerprint density at radius 1 is 1.00 bits per heavy atom. The van der Waals surface area contributed by atoms with Gasteiger partial charge in [-0.05, 0) is 72.4 Å². The second kappa shape index (κ2) is 10.8. The summed E-state index contributed by atoms with van der Waals surface area (Å²) in [6.07, 6.45) is 1.70. The van der Waals surface area contributed by atoms with Crippen molar-refractivity contribution in [3.8, 4) is 5.75 Å². The number of ether oxygens (including phenoxy) is 1. The summed E-state index contributed by atoms with van der Waals surface area (Å²) in [5.41, 5.74) is 4.50. The number of benzene rings is 3. The molecular formula is C24H15Cl3N2O3S2. The lowest BCUT2D eigenvalue weighted by atomic mass is 10.2. The number of carbonyl (C=O) groups is 2. The Bertz CT molecular complexity index is 1300. The molecule has 3 aromatic carbocycles. The van der Waals surface area contributed by atoms with E-state index in [4.69, 9.17) is 51.8 Å². The van der Waals surface area contributed by atoms with E-state index in [9.17, 15) is 9.59 Å². The topological polar surface area (TPSA) is 58.6 Å². The van der Waals surface area contributed by atoms with Crippen molar-refractivity contribution in [1.82, 2.24) is 10.4 Å². The predicted molar refractivity (Wildman–Crippen MR) is 141 cm³/mol. The van der Waals surface area contributed by atoms with E-state index in [2.05, 4.69) is 5.43 Å². The van der Waals surface area contributed by atoms with Crippen LogP contribution in [0.1, 0.15) is 21.5 Å². The average Bonchev–Trinajstić information content (AvgIpc) is 3.07. The number of halogens is 3. The third-order valence-corrected chi connectivity index (χ3v) is 6.84. The summed E-state index contributed by atoms with van der Waals surface area (Å²) in [7, 11) is 0. The molecule has 2 amide bonds. The fraction of sp³-hybridized carbons (Fsp3) is 0.0417. The maximum absolute atomic E-state index is 12.8. The van der Waals surface area contributed by atoms with E-state index in [1.165, 1.54) is 0 Å². The molecule has 4 rings (SSSR count). The van der Waals surface area contributed by atoms with Gasteiger partial charge in [-0.3, -0.25) is 15.0 Å². The van der Waals surface area contributed by atoms with E-state index in [1.54, 1.807) is 54.6 Å². The number of hydrazine groups is 1. The summed E-state index contributed by atoms with van der Waals surface area (Å²) in [4.78, 5) is 25.6. The van der Waals surface area contributed by atoms with Gasteiger partial charge >= 0.3 is 0 Å². The lowest BCUT2D eigenvalue weighted by Gasteiger charge is -2.15. The molecule has 1 heterocycles. The largest absolute Gasteiger partial charge is 0.489 e. The zero-order valence-electron chi connectivity index (χ0n) is 17.3. The summed E-state index contributed by atoms with van der Waals surface area (Å²) < 4.78 is 6.02. The van der Waals surface area contributed by atoms with Crippen molar-refractivity contribution in [2.45, 2.75) is 6.61 Å². The van der Waals surface area contributed by atoms with Crippen molar-refractivity contribution in [1.29, 1.82) is 0 Å². The minimum atomic E-state index is -0.462. The molecule has 1 aliphatic rings. The van der Waals surface area contributed by atoms with Crippen molar-refractivity contribution >= 4 is 81.0 Å². The molecule has 0 atom stereocenters. The van der Waals surface area contributed by atoms with Gasteiger partial charge in [0.15, 0.2) is 4.32 Å². The zero-order valence-corrected chi connectivity index (χ0v) is 21.2. The SMILES string of the molecule is O=C(NN1C(=O)/C(=C/c2ccc(OCc3ccc(Cl)cc3Cl)cc2)SC1=S)c1ccc(Cl)cc1. The van der Waals surface area contributed by atoms with Crippen LogP contribution in [0.2, 0.25) is 15.1 Å². The van der Waals surface area contributed by atoms with Gasteiger partial charge in [0.05, 0.1) is 4.91 Å². The molecule has 172 valence electrons. The molecule has 0 bridgehead atoms. The molecule has 5 nitrogen and oxygen atoms in total. The number of nitrogens with one attached hydrogen (secondary N) is 1. The minimum Gasteiger partial charge on any atom is -0.489 e. The number of hydrogen-bond donors (Lipinski definition) is 1. The van der Waals surface area contributed by atoms with Crippen LogP contribution in [-0.2, 0) is 11.4 Å². The van der Waals surface area contributed by atoms with E-state index in [0.29, 0.717) is 37.9 Å². The standard InChI is InChI=1S/C24H15Cl3N2O3S2/c25-17-6-3-15(4-7-17)22(30)28-29-23(31)21(34-24(29)33)11-14-1-9-19(10-2-14)32-13-16-5-8-18(26)12-20(16)27/h1-12H,13H2,(H,28,30)/b21-11-. The van der Waals surface area contributed by atoms with E-state index < -0.39 is 11.8 Å². The van der Waals surface area contributed by atoms with E-state index in [1.807, 2.05) is 18.2 Å². The number of thioether (sulfide) groups is 1. The molecule has 1 N–H and O–H groups in total. The molecule has 0 aliphatic carbocycles. The molecule has 1 aliphatic heterocycles. The van der Waals surface area contributed by atoms with Crippen LogP contribution in [0.25, 0.3) is 6.08 Å². The molecule has 0 spiro atoms.